The zero-order chi connectivity index (χ0) is 19.2. The van der Waals surface area contributed by atoms with Crippen molar-refractivity contribution in [2.45, 2.75) is 52.0 Å². The summed E-state index contributed by atoms with van der Waals surface area (Å²) in [5.74, 6) is 0.465. The van der Waals surface area contributed by atoms with E-state index < -0.39 is 0 Å². The Morgan fingerprint density at radius 1 is 1.30 bits per heavy atom. The highest BCUT2D eigenvalue weighted by atomic mass is 32.1. The molecular formula is C23H30N2OS. The van der Waals surface area contributed by atoms with E-state index in [9.17, 15) is 5.11 Å². The average Bonchev–Trinajstić information content (AvgIpc) is 3.14. The van der Waals surface area contributed by atoms with E-state index in [1.165, 1.54) is 28.0 Å². The topological polar surface area (TPSA) is 47.3 Å². The molecule has 0 saturated heterocycles. The number of hydrogen-bond acceptors (Lipinski definition) is 4. The van der Waals surface area contributed by atoms with E-state index in [1.54, 1.807) is 0 Å². The quantitative estimate of drug-likeness (QED) is 0.607. The van der Waals surface area contributed by atoms with Gasteiger partial charge >= 0.3 is 0 Å². The normalized spacial score (nSPS) is 17.1. The van der Waals surface area contributed by atoms with Gasteiger partial charge in [0.2, 0.25) is 0 Å². The number of nitrogens with one attached hydrogen (secondary N) is 1. The molecule has 4 heteroatoms. The van der Waals surface area contributed by atoms with E-state index >= 15 is 0 Å². The van der Waals surface area contributed by atoms with Gasteiger partial charge in [0.25, 0.3) is 0 Å². The standard InChI is InChI=1S/C23H30N2OS/c1-3-14-25(15-12-20-8-10-23(27-20)17(2)11-13-24)19-7-9-21-18(16-19)5-4-6-22(21)26/h4-6,8,10-11,13,19,24,26H,3,7,9,12,14-16H2,1-2H3/b17-11+,24-13?/t19-/m0/s1. The molecule has 0 spiro atoms. The van der Waals surface area contributed by atoms with Gasteiger partial charge in [-0.3, -0.25) is 4.90 Å². The Balaban J connectivity index is 1.65. The number of phenolic OH excluding ortho intramolecular Hbond substituents is 1. The molecule has 0 saturated carbocycles. The van der Waals surface area contributed by atoms with Crippen molar-refractivity contribution in [3.8, 4) is 5.75 Å². The monoisotopic (exact) mass is 382 g/mol. The summed E-state index contributed by atoms with van der Waals surface area (Å²) in [6.45, 7) is 6.53. The molecule has 0 aliphatic heterocycles. The Bertz CT molecular complexity index is 808. The molecule has 1 aromatic carbocycles. The molecule has 3 nitrogen and oxygen atoms in total. The van der Waals surface area contributed by atoms with Gasteiger partial charge in [-0.2, -0.15) is 0 Å². The minimum absolute atomic E-state index is 0.465. The van der Waals surface area contributed by atoms with Crippen LogP contribution in [0.4, 0.5) is 0 Å². The summed E-state index contributed by atoms with van der Waals surface area (Å²) < 4.78 is 0. The Labute approximate surface area is 166 Å². The van der Waals surface area contributed by atoms with Crippen LogP contribution >= 0.6 is 11.3 Å². The molecule has 144 valence electrons. The number of nitrogens with zero attached hydrogens (tertiary/aromatic N) is 1. The van der Waals surface area contributed by atoms with Gasteiger partial charge in [0.1, 0.15) is 5.75 Å². The van der Waals surface area contributed by atoms with E-state index in [-0.39, 0.29) is 0 Å². The van der Waals surface area contributed by atoms with Crippen LogP contribution < -0.4 is 0 Å². The molecule has 2 aromatic rings. The van der Waals surface area contributed by atoms with Crippen LogP contribution in [-0.4, -0.2) is 35.4 Å². The van der Waals surface area contributed by atoms with Gasteiger partial charge in [-0.25, -0.2) is 0 Å². The fourth-order valence-electron chi connectivity index (χ4n) is 4.03. The fraction of sp³-hybridized carbons (Fsp3) is 0.435. The first kappa shape index (κ1) is 19.8. The van der Waals surface area contributed by atoms with E-state index in [4.69, 9.17) is 5.41 Å². The van der Waals surface area contributed by atoms with Crippen LogP contribution in [0, 0.1) is 5.41 Å². The first-order chi connectivity index (χ1) is 13.1. The lowest BCUT2D eigenvalue weighted by atomic mass is 9.86. The van der Waals surface area contributed by atoms with Crippen molar-refractivity contribution in [2.75, 3.05) is 13.1 Å². The summed E-state index contributed by atoms with van der Waals surface area (Å²) in [7, 11) is 0. The number of rotatable bonds is 8. The second-order valence-corrected chi connectivity index (χ2v) is 8.55. The lowest BCUT2D eigenvalue weighted by Gasteiger charge is -2.35. The molecule has 0 unspecified atom stereocenters. The zero-order valence-corrected chi connectivity index (χ0v) is 17.2. The maximum absolute atomic E-state index is 10.1. The summed E-state index contributed by atoms with van der Waals surface area (Å²) in [6, 6.07) is 10.9. The van der Waals surface area contributed by atoms with Crippen molar-refractivity contribution in [1.29, 1.82) is 5.41 Å². The van der Waals surface area contributed by atoms with Crippen LogP contribution in [-0.2, 0) is 19.3 Å². The molecule has 0 fully saturated rings. The van der Waals surface area contributed by atoms with Crippen molar-refractivity contribution in [3.05, 3.63) is 57.3 Å². The summed E-state index contributed by atoms with van der Waals surface area (Å²) in [5, 5.41) is 17.3. The van der Waals surface area contributed by atoms with Gasteiger partial charge in [-0.1, -0.05) is 19.1 Å². The van der Waals surface area contributed by atoms with Crippen LogP contribution in [0.15, 0.2) is 36.4 Å². The second kappa shape index (κ2) is 9.34. The van der Waals surface area contributed by atoms with Crippen LogP contribution in [0.25, 0.3) is 5.57 Å². The van der Waals surface area contributed by atoms with Gasteiger partial charge in [0, 0.05) is 28.6 Å². The van der Waals surface area contributed by atoms with Gasteiger partial charge in [0.05, 0.1) is 0 Å². The van der Waals surface area contributed by atoms with Crippen LogP contribution in [0.1, 0.15) is 47.6 Å². The summed E-state index contributed by atoms with van der Waals surface area (Å²) in [6.07, 6.45) is 8.60. The lowest BCUT2D eigenvalue weighted by Crippen LogP contribution is -2.41. The molecular weight excluding hydrogens is 352 g/mol. The van der Waals surface area contributed by atoms with Crippen LogP contribution in [0.2, 0.25) is 0 Å². The summed E-state index contributed by atoms with van der Waals surface area (Å²) >= 11 is 1.85. The maximum atomic E-state index is 10.1. The third-order valence-corrected chi connectivity index (χ3v) is 6.77. The number of thiophene rings is 1. The number of hydrogen-bond donors (Lipinski definition) is 2. The maximum Gasteiger partial charge on any atom is 0.119 e. The minimum Gasteiger partial charge on any atom is -0.508 e. The molecule has 1 atom stereocenters. The van der Waals surface area contributed by atoms with Gasteiger partial charge in [0.15, 0.2) is 0 Å². The van der Waals surface area contributed by atoms with Crippen LogP contribution in [0.5, 0.6) is 5.75 Å². The molecule has 3 rings (SSSR count). The SMILES string of the molecule is CCCN(CCc1ccc(/C(C)=C/C=N)s1)[C@H]1CCc2c(O)cccc2C1. The average molecular weight is 383 g/mol. The van der Waals surface area contributed by atoms with E-state index in [0.29, 0.717) is 11.8 Å². The highest BCUT2D eigenvalue weighted by molar-refractivity contribution is 7.13. The number of allylic oxidation sites excluding steroid dienone is 2. The van der Waals surface area contributed by atoms with Gasteiger partial charge < -0.3 is 10.5 Å². The third-order valence-electron chi connectivity index (χ3n) is 5.49. The smallest absolute Gasteiger partial charge is 0.119 e. The Kier molecular flexibility index (Phi) is 6.86. The van der Waals surface area contributed by atoms with Crippen molar-refractivity contribution >= 4 is 23.1 Å². The Morgan fingerprint density at radius 2 is 2.15 bits per heavy atom. The van der Waals surface area contributed by atoms with E-state index in [0.717, 1.165) is 49.9 Å². The van der Waals surface area contributed by atoms with Crippen molar-refractivity contribution in [2.24, 2.45) is 0 Å². The zero-order valence-electron chi connectivity index (χ0n) is 16.4. The Morgan fingerprint density at radius 3 is 2.93 bits per heavy atom. The first-order valence-electron chi connectivity index (χ1n) is 9.92. The summed E-state index contributed by atoms with van der Waals surface area (Å²) in [5.41, 5.74) is 3.63. The van der Waals surface area contributed by atoms with Crippen molar-refractivity contribution < 1.29 is 5.11 Å². The fourth-order valence-corrected chi connectivity index (χ4v) is 5.01. The number of fused-ring (bicyclic) bond motifs is 1. The minimum atomic E-state index is 0.465. The number of benzene rings is 1. The van der Waals surface area contributed by atoms with Gasteiger partial charge in [-0.15, -0.1) is 11.3 Å². The van der Waals surface area contributed by atoms with Gasteiger partial charge in [-0.05, 0) is 86.5 Å². The number of phenols is 1. The molecule has 0 bridgehead atoms. The van der Waals surface area contributed by atoms with Crippen molar-refractivity contribution in [3.63, 3.8) is 0 Å². The largest absolute Gasteiger partial charge is 0.508 e. The second-order valence-electron chi connectivity index (χ2n) is 7.38. The predicted octanol–water partition coefficient (Wildman–Crippen LogP) is 5.32. The van der Waals surface area contributed by atoms with E-state index in [2.05, 4.69) is 36.9 Å². The summed E-state index contributed by atoms with van der Waals surface area (Å²) in [4.78, 5) is 5.32. The third kappa shape index (κ3) is 4.88. The highest BCUT2D eigenvalue weighted by Crippen LogP contribution is 2.31. The molecule has 27 heavy (non-hydrogen) atoms. The molecule has 1 heterocycles. The van der Waals surface area contributed by atoms with E-state index in [1.807, 2.05) is 29.5 Å². The number of aromatic hydroxyl groups is 1. The molecule has 0 radical (unpaired) electrons. The van der Waals surface area contributed by atoms with Crippen molar-refractivity contribution in [1.82, 2.24) is 4.90 Å². The van der Waals surface area contributed by atoms with Crippen LogP contribution in [0.3, 0.4) is 0 Å². The molecule has 1 aliphatic rings. The Hall–Kier alpha value is -1.91. The molecule has 1 aliphatic carbocycles. The highest BCUT2D eigenvalue weighted by Gasteiger charge is 2.25. The lowest BCUT2D eigenvalue weighted by molar-refractivity contribution is 0.181. The predicted molar refractivity (Wildman–Crippen MR) is 116 cm³/mol. The molecule has 2 N–H and O–H groups in total. The molecule has 1 aromatic heterocycles. The first-order valence-corrected chi connectivity index (χ1v) is 10.7. The molecule has 0 amide bonds.